The van der Waals surface area contributed by atoms with E-state index in [0.29, 0.717) is 22.3 Å². The second kappa shape index (κ2) is 7.13. The van der Waals surface area contributed by atoms with E-state index in [4.69, 9.17) is 22.1 Å². The molecule has 0 atom stereocenters. The summed E-state index contributed by atoms with van der Waals surface area (Å²) in [5.74, 6) is 1.38. The summed E-state index contributed by atoms with van der Waals surface area (Å²) in [5, 5.41) is 6.17. The maximum atomic E-state index is 6.25. The fourth-order valence-electron chi connectivity index (χ4n) is 2.81. The van der Waals surface area contributed by atoms with Crippen molar-refractivity contribution in [3.8, 4) is 11.6 Å². The van der Waals surface area contributed by atoms with Gasteiger partial charge in [-0.1, -0.05) is 48.0 Å². The predicted molar refractivity (Wildman–Crippen MR) is 110 cm³/mol. The number of rotatable bonds is 4. The van der Waals surface area contributed by atoms with E-state index in [0.717, 1.165) is 22.0 Å². The van der Waals surface area contributed by atoms with E-state index < -0.39 is 0 Å². The topological polar surface area (TPSA) is 73.1 Å². The highest BCUT2D eigenvalue weighted by molar-refractivity contribution is 6.31. The minimum atomic E-state index is 0.287. The summed E-state index contributed by atoms with van der Waals surface area (Å²) in [5.41, 5.74) is 8.41. The molecule has 0 aliphatic rings. The molecule has 4 rings (SSSR count). The number of anilines is 3. The summed E-state index contributed by atoms with van der Waals surface area (Å²) in [6.07, 6.45) is 1.42. The smallest absolute Gasteiger partial charge is 0.248 e. The molecular weight excluding hydrogens is 360 g/mol. The van der Waals surface area contributed by atoms with Gasteiger partial charge in [0.1, 0.15) is 17.8 Å². The van der Waals surface area contributed by atoms with Crippen LogP contribution in [0.25, 0.3) is 10.8 Å². The molecular formula is C21H17ClN4O. The quantitative estimate of drug-likeness (QED) is 0.477. The molecule has 1 aromatic heterocycles. The molecule has 0 radical (unpaired) electrons. The molecule has 0 amide bonds. The number of aryl methyl sites for hydroxylation is 1. The van der Waals surface area contributed by atoms with Crippen LogP contribution in [0.5, 0.6) is 11.6 Å². The van der Waals surface area contributed by atoms with Crippen LogP contribution < -0.4 is 15.8 Å². The van der Waals surface area contributed by atoms with Gasteiger partial charge in [-0.25, -0.2) is 4.98 Å². The van der Waals surface area contributed by atoms with Gasteiger partial charge in [0, 0.05) is 16.1 Å². The van der Waals surface area contributed by atoms with Crippen molar-refractivity contribution in [2.75, 3.05) is 11.1 Å². The summed E-state index contributed by atoms with van der Waals surface area (Å²) >= 11 is 6.06. The van der Waals surface area contributed by atoms with Crippen LogP contribution >= 0.6 is 11.6 Å². The zero-order valence-corrected chi connectivity index (χ0v) is 15.4. The van der Waals surface area contributed by atoms with E-state index in [1.165, 1.54) is 6.33 Å². The van der Waals surface area contributed by atoms with Crippen LogP contribution in [0, 0.1) is 6.92 Å². The summed E-state index contributed by atoms with van der Waals surface area (Å²) in [7, 11) is 0. The standard InChI is InChI=1S/C21H17ClN4O/c1-13-11-15(9-10-17(13)22)27-21-19(23)20(24-12-25-21)26-18-8-4-6-14-5-2-3-7-16(14)18/h2-12H,23H2,1H3,(H,24,25,26). The minimum Gasteiger partial charge on any atom is -0.437 e. The Hall–Kier alpha value is -3.31. The van der Waals surface area contributed by atoms with Crippen LogP contribution in [-0.2, 0) is 0 Å². The number of ether oxygens (including phenoxy) is 1. The van der Waals surface area contributed by atoms with Crippen molar-refractivity contribution < 1.29 is 4.74 Å². The van der Waals surface area contributed by atoms with E-state index in [1.54, 1.807) is 12.1 Å². The third kappa shape index (κ3) is 3.50. The van der Waals surface area contributed by atoms with E-state index >= 15 is 0 Å². The molecule has 0 saturated carbocycles. The molecule has 4 aromatic rings. The number of fused-ring (bicyclic) bond motifs is 1. The number of hydrogen-bond acceptors (Lipinski definition) is 5. The minimum absolute atomic E-state index is 0.287. The highest BCUT2D eigenvalue weighted by Crippen LogP contribution is 2.33. The molecule has 1 heterocycles. The average Bonchev–Trinajstić information content (AvgIpc) is 2.68. The molecule has 0 fully saturated rings. The number of halogens is 1. The summed E-state index contributed by atoms with van der Waals surface area (Å²) in [6.45, 7) is 1.91. The lowest BCUT2D eigenvalue weighted by atomic mass is 10.1. The molecule has 0 aliphatic carbocycles. The van der Waals surface area contributed by atoms with Gasteiger partial charge >= 0.3 is 0 Å². The van der Waals surface area contributed by atoms with Crippen molar-refractivity contribution >= 4 is 39.6 Å². The van der Waals surface area contributed by atoms with Gasteiger partial charge in [-0.15, -0.1) is 0 Å². The highest BCUT2D eigenvalue weighted by Gasteiger charge is 2.12. The summed E-state index contributed by atoms with van der Waals surface area (Å²) in [6, 6.07) is 19.5. The molecule has 3 aromatic carbocycles. The third-order valence-electron chi connectivity index (χ3n) is 4.23. The first-order valence-electron chi connectivity index (χ1n) is 8.41. The Kier molecular flexibility index (Phi) is 4.52. The van der Waals surface area contributed by atoms with Crippen LogP contribution in [0.1, 0.15) is 5.56 Å². The summed E-state index contributed by atoms with van der Waals surface area (Å²) < 4.78 is 5.84. The molecule has 0 unspecified atom stereocenters. The van der Waals surface area contributed by atoms with E-state index in [9.17, 15) is 0 Å². The fourth-order valence-corrected chi connectivity index (χ4v) is 2.93. The largest absolute Gasteiger partial charge is 0.437 e. The van der Waals surface area contributed by atoms with Gasteiger partial charge in [0.05, 0.1) is 0 Å². The SMILES string of the molecule is Cc1cc(Oc2ncnc(Nc3cccc4ccccc34)c2N)ccc1Cl. The lowest BCUT2D eigenvalue weighted by Gasteiger charge is -2.13. The molecule has 0 bridgehead atoms. The van der Waals surface area contributed by atoms with Gasteiger partial charge in [-0.2, -0.15) is 4.98 Å². The van der Waals surface area contributed by atoms with Gasteiger partial charge in [-0.3, -0.25) is 0 Å². The number of aromatic nitrogens is 2. The zero-order chi connectivity index (χ0) is 18.8. The van der Waals surface area contributed by atoms with E-state index in [-0.39, 0.29) is 5.88 Å². The van der Waals surface area contributed by atoms with Crippen molar-refractivity contribution in [1.82, 2.24) is 9.97 Å². The molecule has 0 aliphatic heterocycles. The van der Waals surface area contributed by atoms with Gasteiger partial charge in [0.2, 0.25) is 5.88 Å². The average molecular weight is 377 g/mol. The number of nitrogens with zero attached hydrogens (tertiary/aromatic N) is 2. The number of benzene rings is 3. The molecule has 3 N–H and O–H groups in total. The molecule has 0 spiro atoms. The molecule has 5 nitrogen and oxygen atoms in total. The van der Waals surface area contributed by atoms with Crippen LogP contribution in [0.3, 0.4) is 0 Å². The highest BCUT2D eigenvalue weighted by atomic mass is 35.5. The van der Waals surface area contributed by atoms with Crippen molar-refractivity contribution in [2.45, 2.75) is 6.92 Å². The summed E-state index contributed by atoms with van der Waals surface area (Å²) in [4.78, 5) is 8.42. The maximum absolute atomic E-state index is 6.25. The van der Waals surface area contributed by atoms with Gasteiger partial charge < -0.3 is 15.8 Å². The van der Waals surface area contributed by atoms with Crippen LogP contribution in [-0.4, -0.2) is 9.97 Å². The van der Waals surface area contributed by atoms with Crippen LogP contribution in [0.2, 0.25) is 5.02 Å². The lowest BCUT2D eigenvalue weighted by molar-refractivity contribution is 0.464. The van der Waals surface area contributed by atoms with Gasteiger partial charge in [0.15, 0.2) is 5.82 Å². The Bertz CT molecular complexity index is 1120. The number of nitrogen functional groups attached to an aromatic ring is 1. The lowest BCUT2D eigenvalue weighted by Crippen LogP contribution is -2.03. The molecule has 0 saturated heterocycles. The second-order valence-corrected chi connectivity index (χ2v) is 6.51. The Balaban J connectivity index is 1.66. The first kappa shape index (κ1) is 17.1. The first-order chi connectivity index (χ1) is 13.1. The van der Waals surface area contributed by atoms with Crippen molar-refractivity contribution in [3.05, 3.63) is 77.6 Å². The third-order valence-corrected chi connectivity index (χ3v) is 4.66. The van der Waals surface area contributed by atoms with E-state index in [2.05, 4.69) is 27.4 Å². The number of nitrogens with one attached hydrogen (secondary N) is 1. The Morgan fingerprint density at radius 1 is 1.00 bits per heavy atom. The van der Waals surface area contributed by atoms with Gasteiger partial charge in [-0.05, 0) is 42.1 Å². The van der Waals surface area contributed by atoms with Gasteiger partial charge in [0.25, 0.3) is 0 Å². The maximum Gasteiger partial charge on any atom is 0.248 e. The fraction of sp³-hybridized carbons (Fsp3) is 0.0476. The molecule has 27 heavy (non-hydrogen) atoms. The predicted octanol–water partition coefficient (Wildman–Crippen LogP) is 5.71. The number of hydrogen-bond donors (Lipinski definition) is 2. The molecule has 134 valence electrons. The Labute approximate surface area is 161 Å². The second-order valence-electron chi connectivity index (χ2n) is 6.11. The van der Waals surface area contributed by atoms with Crippen molar-refractivity contribution in [3.63, 3.8) is 0 Å². The van der Waals surface area contributed by atoms with Crippen LogP contribution in [0.15, 0.2) is 67.0 Å². The normalized spacial score (nSPS) is 10.7. The number of nitrogens with two attached hydrogens (primary N) is 1. The first-order valence-corrected chi connectivity index (χ1v) is 8.79. The Morgan fingerprint density at radius 2 is 1.81 bits per heavy atom. The van der Waals surface area contributed by atoms with Crippen LogP contribution in [0.4, 0.5) is 17.2 Å². The van der Waals surface area contributed by atoms with Crippen molar-refractivity contribution in [1.29, 1.82) is 0 Å². The zero-order valence-electron chi connectivity index (χ0n) is 14.6. The van der Waals surface area contributed by atoms with E-state index in [1.807, 2.05) is 43.3 Å². The molecule has 6 heteroatoms. The monoisotopic (exact) mass is 376 g/mol. The Morgan fingerprint density at radius 3 is 2.67 bits per heavy atom. The van der Waals surface area contributed by atoms with Crippen molar-refractivity contribution in [2.24, 2.45) is 0 Å².